The molecule has 0 amide bonds. The van der Waals surface area contributed by atoms with Gasteiger partial charge in [-0.15, -0.1) is 0 Å². The zero-order valence-corrected chi connectivity index (χ0v) is 20.2. The highest BCUT2D eigenvalue weighted by atomic mass is 16.5. The van der Waals surface area contributed by atoms with Crippen LogP contribution in [0, 0.1) is 0 Å². The van der Waals surface area contributed by atoms with Gasteiger partial charge in [0.2, 0.25) is 5.75 Å². The normalized spacial score (nSPS) is 10.6. The molecular formula is C28H26N4O4. The molecule has 2 aromatic heterocycles. The van der Waals surface area contributed by atoms with E-state index in [1.807, 2.05) is 36.4 Å². The van der Waals surface area contributed by atoms with E-state index >= 15 is 0 Å². The Kier molecular flexibility index (Phi) is 7.77. The van der Waals surface area contributed by atoms with Crippen molar-refractivity contribution in [2.45, 2.75) is 0 Å². The van der Waals surface area contributed by atoms with Gasteiger partial charge < -0.3 is 24.8 Å². The van der Waals surface area contributed by atoms with E-state index in [9.17, 15) is 4.79 Å². The Morgan fingerprint density at radius 1 is 0.750 bits per heavy atom. The number of carbonyl (C=O) groups excluding carboxylic acids is 1. The van der Waals surface area contributed by atoms with E-state index < -0.39 is 0 Å². The number of nitrogens with one attached hydrogen (secondary N) is 2. The summed E-state index contributed by atoms with van der Waals surface area (Å²) in [5, 5.41) is 6.47. The van der Waals surface area contributed by atoms with Crippen LogP contribution in [0.1, 0.15) is 15.9 Å². The number of para-hydroxylation sites is 1. The van der Waals surface area contributed by atoms with Gasteiger partial charge in [0.1, 0.15) is 11.6 Å². The van der Waals surface area contributed by atoms with Gasteiger partial charge in [0, 0.05) is 41.5 Å². The minimum atomic E-state index is -0.191. The van der Waals surface area contributed by atoms with Gasteiger partial charge in [0.25, 0.3) is 0 Å². The lowest BCUT2D eigenvalue weighted by molar-refractivity contribution is 0.104. The van der Waals surface area contributed by atoms with Gasteiger partial charge in [-0.25, -0.2) is 9.97 Å². The van der Waals surface area contributed by atoms with Gasteiger partial charge in [-0.1, -0.05) is 18.2 Å². The number of allylic oxidation sites excluding steroid dienone is 1. The van der Waals surface area contributed by atoms with Crippen LogP contribution < -0.4 is 24.8 Å². The molecular weight excluding hydrogens is 456 g/mol. The quantitative estimate of drug-likeness (QED) is 0.214. The van der Waals surface area contributed by atoms with E-state index in [4.69, 9.17) is 14.2 Å². The summed E-state index contributed by atoms with van der Waals surface area (Å²) in [5.41, 5.74) is 2.71. The lowest BCUT2D eigenvalue weighted by Crippen LogP contribution is -2.03. The summed E-state index contributed by atoms with van der Waals surface area (Å²) in [6.45, 7) is 0. The van der Waals surface area contributed by atoms with Crippen molar-refractivity contribution in [1.82, 2.24) is 9.97 Å². The number of benzene rings is 2. The first-order chi connectivity index (χ1) is 17.6. The minimum Gasteiger partial charge on any atom is -0.493 e. The second-order valence-electron chi connectivity index (χ2n) is 7.57. The predicted octanol–water partition coefficient (Wildman–Crippen LogP) is 5.89. The molecule has 0 fully saturated rings. The largest absolute Gasteiger partial charge is 0.493 e. The third-order valence-corrected chi connectivity index (χ3v) is 5.29. The first kappa shape index (κ1) is 24.3. The molecule has 0 bridgehead atoms. The van der Waals surface area contributed by atoms with Gasteiger partial charge in [-0.2, -0.15) is 0 Å². The molecule has 8 nitrogen and oxygen atoms in total. The summed E-state index contributed by atoms with van der Waals surface area (Å²) in [4.78, 5) is 21.9. The fourth-order valence-corrected chi connectivity index (χ4v) is 3.56. The second-order valence-corrected chi connectivity index (χ2v) is 7.57. The van der Waals surface area contributed by atoms with E-state index in [2.05, 4.69) is 20.6 Å². The summed E-state index contributed by atoms with van der Waals surface area (Å²) in [7, 11) is 4.66. The zero-order chi connectivity index (χ0) is 25.3. The number of carbonyl (C=O) groups is 1. The van der Waals surface area contributed by atoms with Crippen LogP contribution in [0.3, 0.4) is 0 Å². The molecule has 0 aliphatic heterocycles. The maximum absolute atomic E-state index is 13.1. The average molecular weight is 483 g/mol. The fraction of sp³-hybridized carbons (Fsp3) is 0.107. The lowest BCUT2D eigenvalue weighted by atomic mass is 10.1. The van der Waals surface area contributed by atoms with Gasteiger partial charge in [0.15, 0.2) is 17.3 Å². The molecule has 0 radical (unpaired) electrons. The predicted molar refractivity (Wildman–Crippen MR) is 141 cm³/mol. The molecule has 0 saturated carbocycles. The number of nitrogens with zero attached hydrogens (tertiary/aromatic N) is 2. The molecule has 0 unspecified atom stereocenters. The van der Waals surface area contributed by atoms with Crippen LogP contribution >= 0.6 is 0 Å². The second kappa shape index (κ2) is 11.5. The maximum Gasteiger partial charge on any atom is 0.203 e. The first-order valence-electron chi connectivity index (χ1n) is 11.1. The molecule has 182 valence electrons. The Labute approximate surface area is 209 Å². The SMILES string of the molecule is COc1cc(Nc2ncccc2/C=C/C(=O)c2cccnc2Nc2ccccc2)cc(OC)c1OC. The monoisotopic (exact) mass is 482 g/mol. The highest BCUT2D eigenvalue weighted by Gasteiger charge is 2.15. The lowest BCUT2D eigenvalue weighted by Gasteiger charge is -2.15. The van der Waals surface area contributed by atoms with Crippen molar-refractivity contribution in [1.29, 1.82) is 0 Å². The highest BCUT2D eigenvalue weighted by molar-refractivity contribution is 6.10. The summed E-state index contributed by atoms with van der Waals surface area (Å²) in [5.74, 6) is 2.37. The molecule has 2 heterocycles. The number of anilines is 4. The number of ketones is 1. The molecule has 36 heavy (non-hydrogen) atoms. The third-order valence-electron chi connectivity index (χ3n) is 5.29. The van der Waals surface area contributed by atoms with E-state index in [1.165, 1.54) is 6.08 Å². The molecule has 2 N–H and O–H groups in total. The number of pyridine rings is 2. The Morgan fingerprint density at radius 2 is 1.39 bits per heavy atom. The van der Waals surface area contributed by atoms with Crippen molar-refractivity contribution in [3.05, 3.63) is 96.3 Å². The van der Waals surface area contributed by atoms with Crippen LogP contribution in [0.5, 0.6) is 17.2 Å². The van der Waals surface area contributed by atoms with Crippen molar-refractivity contribution in [2.24, 2.45) is 0 Å². The molecule has 0 saturated heterocycles. The maximum atomic E-state index is 13.1. The molecule has 8 heteroatoms. The fourth-order valence-electron chi connectivity index (χ4n) is 3.56. The number of aromatic nitrogens is 2. The molecule has 0 aliphatic rings. The minimum absolute atomic E-state index is 0.191. The Morgan fingerprint density at radius 3 is 2.06 bits per heavy atom. The standard InChI is InChI=1S/C28H26N4O4/c1-34-24-17-21(18-25(35-2)26(24)36-3)32-27-19(9-7-15-29-27)13-14-23(33)22-12-8-16-30-28(22)31-20-10-5-4-6-11-20/h4-18H,1-3H3,(H,29,32)(H,30,31)/b14-13+. The van der Waals surface area contributed by atoms with E-state index in [1.54, 1.807) is 70.1 Å². The molecule has 0 spiro atoms. The number of methoxy groups -OCH3 is 3. The van der Waals surface area contributed by atoms with Gasteiger partial charge in [-0.3, -0.25) is 4.79 Å². The number of ether oxygens (including phenoxy) is 3. The number of hydrogen-bond donors (Lipinski definition) is 2. The summed E-state index contributed by atoms with van der Waals surface area (Å²) >= 11 is 0. The smallest absolute Gasteiger partial charge is 0.203 e. The summed E-state index contributed by atoms with van der Waals surface area (Å²) < 4.78 is 16.3. The Hall–Kier alpha value is -4.85. The topological polar surface area (TPSA) is 94.6 Å². The van der Waals surface area contributed by atoms with Crippen LogP contribution in [0.4, 0.5) is 23.0 Å². The van der Waals surface area contributed by atoms with Crippen molar-refractivity contribution in [3.63, 3.8) is 0 Å². The zero-order valence-electron chi connectivity index (χ0n) is 20.2. The van der Waals surface area contributed by atoms with Crippen LogP contribution in [-0.4, -0.2) is 37.1 Å². The van der Waals surface area contributed by atoms with Crippen molar-refractivity contribution in [2.75, 3.05) is 32.0 Å². The molecule has 0 atom stereocenters. The van der Waals surface area contributed by atoms with Gasteiger partial charge >= 0.3 is 0 Å². The molecule has 4 rings (SSSR count). The van der Waals surface area contributed by atoms with Crippen LogP contribution in [0.25, 0.3) is 6.08 Å². The average Bonchev–Trinajstić information content (AvgIpc) is 2.92. The number of hydrogen-bond acceptors (Lipinski definition) is 8. The van der Waals surface area contributed by atoms with Gasteiger partial charge in [0.05, 0.1) is 26.9 Å². The van der Waals surface area contributed by atoms with Crippen LogP contribution in [0.2, 0.25) is 0 Å². The number of rotatable bonds is 10. The Balaban J connectivity index is 1.58. The van der Waals surface area contributed by atoms with E-state index in [0.29, 0.717) is 40.1 Å². The van der Waals surface area contributed by atoms with Crippen molar-refractivity contribution in [3.8, 4) is 17.2 Å². The summed E-state index contributed by atoms with van der Waals surface area (Å²) in [6, 6.07) is 20.3. The highest BCUT2D eigenvalue weighted by Crippen LogP contribution is 2.40. The van der Waals surface area contributed by atoms with E-state index in [0.717, 1.165) is 11.3 Å². The van der Waals surface area contributed by atoms with Crippen molar-refractivity contribution >= 4 is 34.9 Å². The van der Waals surface area contributed by atoms with Gasteiger partial charge in [-0.05, 0) is 48.6 Å². The molecule has 2 aromatic carbocycles. The molecule has 0 aliphatic carbocycles. The third kappa shape index (κ3) is 5.61. The Bertz CT molecular complexity index is 1350. The van der Waals surface area contributed by atoms with Crippen molar-refractivity contribution < 1.29 is 19.0 Å². The van der Waals surface area contributed by atoms with Crippen LogP contribution in [0.15, 0.2) is 85.2 Å². The first-order valence-corrected chi connectivity index (χ1v) is 11.1. The molecule has 4 aromatic rings. The summed E-state index contributed by atoms with van der Waals surface area (Å²) in [6.07, 6.45) is 6.54. The van der Waals surface area contributed by atoms with Crippen LogP contribution in [-0.2, 0) is 0 Å². The van der Waals surface area contributed by atoms with E-state index in [-0.39, 0.29) is 5.78 Å².